The van der Waals surface area contributed by atoms with Crippen LogP contribution < -0.4 is 10.6 Å². The molecule has 2 heterocycles. The third-order valence-electron chi connectivity index (χ3n) is 3.43. The lowest BCUT2D eigenvalue weighted by Gasteiger charge is -2.15. The molecule has 23 heavy (non-hydrogen) atoms. The summed E-state index contributed by atoms with van der Waals surface area (Å²) < 4.78 is 0. The number of hydrogen-bond donors (Lipinski definition) is 2. The molecule has 2 aromatic heterocycles. The number of amides is 1. The van der Waals surface area contributed by atoms with Crippen molar-refractivity contribution in [2.24, 2.45) is 0 Å². The summed E-state index contributed by atoms with van der Waals surface area (Å²) in [5.74, 6) is 0.663. The van der Waals surface area contributed by atoms with Crippen molar-refractivity contribution in [3.8, 4) is 0 Å². The highest BCUT2D eigenvalue weighted by atomic mass is 32.1. The molecule has 4 nitrogen and oxygen atoms in total. The topological polar surface area (TPSA) is 54.0 Å². The number of hydrogen-bond acceptors (Lipinski definition) is 4. The second kappa shape index (κ2) is 7.07. The summed E-state index contributed by atoms with van der Waals surface area (Å²) in [6.07, 6.45) is 1.66. The minimum Gasteiger partial charge on any atom is -0.364 e. The SMILES string of the molecule is CC(Nc1ccc(NC(=O)c2cccs2)cn1)c1ccccc1. The maximum Gasteiger partial charge on any atom is 0.265 e. The van der Waals surface area contributed by atoms with Gasteiger partial charge in [0.25, 0.3) is 5.91 Å². The Hall–Kier alpha value is -2.66. The molecule has 1 aromatic carbocycles. The molecule has 0 fully saturated rings. The number of benzene rings is 1. The molecular formula is C18H17N3OS. The summed E-state index contributed by atoms with van der Waals surface area (Å²) in [4.78, 5) is 17.0. The van der Waals surface area contributed by atoms with Crippen LogP contribution in [0.2, 0.25) is 0 Å². The standard InChI is InChI=1S/C18H17N3OS/c1-13(14-6-3-2-4-7-14)20-17-10-9-15(12-19-17)21-18(22)16-8-5-11-23-16/h2-13H,1H3,(H,19,20)(H,21,22). The summed E-state index contributed by atoms with van der Waals surface area (Å²) in [6, 6.07) is 17.7. The molecule has 2 N–H and O–H groups in total. The minimum absolute atomic E-state index is 0.111. The first-order valence-electron chi connectivity index (χ1n) is 7.35. The molecule has 0 aliphatic heterocycles. The lowest BCUT2D eigenvalue weighted by atomic mass is 10.1. The van der Waals surface area contributed by atoms with Gasteiger partial charge >= 0.3 is 0 Å². The highest BCUT2D eigenvalue weighted by Crippen LogP contribution is 2.19. The van der Waals surface area contributed by atoms with Crippen molar-refractivity contribution in [1.82, 2.24) is 4.98 Å². The van der Waals surface area contributed by atoms with E-state index < -0.39 is 0 Å². The fourth-order valence-corrected chi connectivity index (χ4v) is 2.82. The van der Waals surface area contributed by atoms with Crippen molar-refractivity contribution in [3.63, 3.8) is 0 Å². The van der Waals surface area contributed by atoms with Gasteiger partial charge in [0, 0.05) is 6.04 Å². The third kappa shape index (κ3) is 3.96. The molecule has 1 atom stereocenters. The monoisotopic (exact) mass is 323 g/mol. The second-order valence-corrected chi connectivity index (χ2v) is 6.09. The fourth-order valence-electron chi connectivity index (χ4n) is 2.20. The molecule has 5 heteroatoms. The molecule has 1 amide bonds. The van der Waals surface area contributed by atoms with Gasteiger partial charge in [-0.1, -0.05) is 36.4 Å². The predicted octanol–water partition coefficient (Wildman–Crippen LogP) is 4.57. The van der Waals surface area contributed by atoms with Gasteiger partial charge in [-0.2, -0.15) is 0 Å². The normalized spacial score (nSPS) is 11.7. The zero-order valence-electron chi connectivity index (χ0n) is 12.7. The van der Waals surface area contributed by atoms with Crippen LogP contribution in [0, 0.1) is 0 Å². The number of nitrogens with one attached hydrogen (secondary N) is 2. The van der Waals surface area contributed by atoms with Gasteiger partial charge in [-0.3, -0.25) is 4.79 Å². The number of nitrogens with zero attached hydrogens (tertiary/aromatic N) is 1. The summed E-state index contributed by atoms with van der Waals surface area (Å²) in [5, 5.41) is 8.06. The van der Waals surface area contributed by atoms with Crippen LogP contribution >= 0.6 is 11.3 Å². The smallest absolute Gasteiger partial charge is 0.265 e. The van der Waals surface area contributed by atoms with Crippen LogP contribution in [0.5, 0.6) is 0 Å². The molecule has 3 rings (SSSR count). The van der Waals surface area contributed by atoms with Crippen LogP contribution in [0.1, 0.15) is 28.2 Å². The van der Waals surface area contributed by atoms with E-state index in [1.54, 1.807) is 12.3 Å². The molecule has 3 aromatic rings. The number of carbonyl (C=O) groups excluding carboxylic acids is 1. The first-order valence-corrected chi connectivity index (χ1v) is 8.23. The molecule has 0 spiro atoms. The van der Waals surface area contributed by atoms with E-state index in [1.807, 2.05) is 41.8 Å². The van der Waals surface area contributed by atoms with Crippen LogP contribution in [0.4, 0.5) is 11.5 Å². The van der Waals surface area contributed by atoms with Crippen LogP contribution in [-0.4, -0.2) is 10.9 Å². The number of carbonyl (C=O) groups is 1. The second-order valence-electron chi connectivity index (χ2n) is 5.14. The van der Waals surface area contributed by atoms with Crippen molar-refractivity contribution in [1.29, 1.82) is 0 Å². The maximum absolute atomic E-state index is 12.0. The predicted molar refractivity (Wildman–Crippen MR) is 95.0 cm³/mol. The quantitative estimate of drug-likeness (QED) is 0.723. The zero-order valence-corrected chi connectivity index (χ0v) is 13.5. The Morgan fingerprint density at radius 1 is 1.09 bits per heavy atom. The van der Waals surface area contributed by atoms with E-state index >= 15 is 0 Å². The molecule has 1 unspecified atom stereocenters. The summed E-state index contributed by atoms with van der Waals surface area (Å²) in [5.41, 5.74) is 1.88. The maximum atomic E-state index is 12.0. The molecule has 0 aliphatic carbocycles. The van der Waals surface area contributed by atoms with E-state index in [2.05, 4.69) is 34.7 Å². The summed E-state index contributed by atoms with van der Waals surface area (Å²) in [6.45, 7) is 2.09. The average molecular weight is 323 g/mol. The Kier molecular flexibility index (Phi) is 4.68. The Labute approximate surface area is 139 Å². The molecule has 116 valence electrons. The number of anilines is 2. The molecule has 0 radical (unpaired) electrons. The lowest BCUT2D eigenvalue weighted by Crippen LogP contribution is -2.11. The zero-order chi connectivity index (χ0) is 16.1. The Balaban J connectivity index is 1.62. The average Bonchev–Trinajstić information content (AvgIpc) is 3.12. The molecular weight excluding hydrogens is 306 g/mol. The minimum atomic E-state index is -0.111. The Morgan fingerprint density at radius 2 is 1.91 bits per heavy atom. The number of rotatable bonds is 5. The van der Waals surface area contributed by atoms with Crippen molar-refractivity contribution < 1.29 is 4.79 Å². The van der Waals surface area contributed by atoms with E-state index in [4.69, 9.17) is 0 Å². The van der Waals surface area contributed by atoms with E-state index in [0.717, 1.165) is 5.82 Å². The van der Waals surface area contributed by atoms with E-state index in [-0.39, 0.29) is 11.9 Å². The van der Waals surface area contributed by atoms with Crippen LogP contribution in [0.25, 0.3) is 0 Å². The fraction of sp³-hybridized carbons (Fsp3) is 0.111. The van der Waals surface area contributed by atoms with Gasteiger partial charge < -0.3 is 10.6 Å². The van der Waals surface area contributed by atoms with Crippen LogP contribution in [0.3, 0.4) is 0 Å². The van der Waals surface area contributed by atoms with Gasteiger partial charge in [0.15, 0.2) is 0 Å². The van der Waals surface area contributed by atoms with Crippen molar-refractivity contribution in [2.45, 2.75) is 13.0 Å². The van der Waals surface area contributed by atoms with Crippen molar-refractivity contribution in [2.75, 3.05) is 10.6 Å². The lowest BCUT2D eigenvalue weighted by molar-refractivity contribution is 0.103. The third-order valence-corrected chi connectivity index (χ3v) is 4.30. The largest absolute Gasteiger partial charge is 0.364 e. The first kappa shape index (κ1) is 15.2. The van der Waals surface area contributed by atoms with E-state index in [1.165, 1.54) is 16.9 Å². The van der Waals surface area contributed by atoms with Gasteiger partial charge in [-0.15, -0.1) is 11.3 Å². The number of aromatic nitrogens is 1. The molecule has 0 aliphatic rings. The van der Waals surface area contributed by atoms with Gasteiger partial charge in [-0.25, -0.2) is 4.98 Å². The van der Waals surface area contributed by atoms with Gasteiger partial charge in [0.2, 0.25) is 0 Å². The molecule has 0 saturated heterocycles. The molecule has 0 bridgehead atoms. The Bertz CT molecular complexity index is 755. The summed E-state index contributed by atoms with van der Waals surface area (Å²) in [7, 11) is 0. The van der Waals surface area contributed by atoms with Gasteiger partial charge in [0.1, 0.15) is 5.82 Å². The van der Waals surface area contributed by atoms with Crippen molar-refractivity contribution in [3.05, 3.63) is 76.6 Å². The highest BCUT2D eigenvalue weighted by Gasteiger charge is 2.08. The Morgan fingerprint density at radius 3 is 2.57 bits per heavy atom. The first-order chi connectivity index (χ1) is 11.2. The molecule has 0 saturated carbocycles. The number of pyridine rings is 1. The highest BCUT2D eigenvalue weighted by molar-refractivity contribution is 7.12. The van der Waals surface area contributed by atoms with Gasteiger partial charge in [-0.05, 0) is 36.1 Å². The van der Waals surface area contributed by atoms with E-state index in [9.17, 15) is 4.79 Å². The van der Waals surface area contributed by atoms with Crippen LogP contribution in [0.15, 0.2) is 66.2 Å². The van der Waals surface area contributed by atoms with E-state index in [0.29, 0.717) is 10.6 Å². The van der Waals surface area contributed by atoms with Crippen LogP contribution in [-0.2, 0) is 0 Å². The van der Waals surface area contributed by atoms with Crippen molar-refractivity contribution >= 4 is 28.7 Å². The summed E-state index contributed by atoms with van der Waals surface area (Å²) >= 11 is 1.41. The van der Waals surface area contributed by atoms with Gasteiger partial charge in [0.05, 0.1) is 16.8 Å². The number of thiophene rings is 1.